The minimum absolute atomic E-state index is 0.0180. The first-order valence-electron chi connectivity index (χ1n) is 7.86. The van der Waals surface area contributed by atoms with E-state index in [1.807, 2.05) is 0 Å². The van der Waals surface area contributed by atoms with Crippen LogP contribution in [0.4, 0.5) is 5.69 Å². The van der Waals surface area contributed by atoms with Crippen molar-refractivity contribution in [3.63, 3.8) is 0 Å². The first-order valence-corrected chi connectivity index (χ1v) is 8.65. The van der Waals surface area contributed by atoms with Crippen molar-refractivity contribution >= 4 is 44.7 Å². The number of carbonyl (C=O) groups excluding carboxylic acids is 1. The van der Waals surface area contributed by atoms with Crippen LogP contribution < -0.4 is 14.9 Å². The Morgan fingerprint density at radius 1 is 1.21 bits per heavy atom. The summed E-state index contributed by atoms with van der Waals surface area (Å²) in [5, 5.41) is 15.2. The summed E-state index contributed by atoms with van der Waals surface area (Å²) in [5.74, 6) is 0.487. The van der Waals surface area contributed by atoms with Crippen LogP contribution >= 0.6 is 15.9 Å². The highest BCUT2D eigenvalue weighted by Crippen LogP contribution is 2.32. The molecule has 3 aromatic rings. The van der Waals surface area contributed by atoms with Crippen molar-refractivity contribution in [3.05, 3.63) is 62.3 Å². The van der Waals surface area contributed by atoms with Gasteiger partial charge in [-0.05, 0) is 34.1 Å². The number of furan rings is 1. The number of nitro benzene ring substituents is 1. The van der Waals surface area contributed by atoms with Gasteiger partial charge in [0.2, 0.25) is 0 Å². The zero-order valence-electron chi connectivity index (χ0n) is 14.8. The van der Waals surface area contributed by atoms with Crippen LogP contribution in [0.2, 0.25) is 0 Å². The Bertz CT molecular complexity index is 1090. The molecule has 0 atom stereocenters. The third-order valence-corrected chi connectivity index (χ3v) is 4.43. The molecule has 0 aliphatic carbocycles. The van der Waals surface area contributed by atoms with Crippen molar-refractivity contribution in [3.8, 4) is 11.5 Å². The number of carbonyl (C=O) groups is 1. The van der Waals surface area contributed by atoms with Crippen LogP contribution in [0.3, 0.4) is 0 Å². The topological polar surface area (TPSA) is 116 Å². The van der Waals surface area contributed by atoms with Crippen LogP contribution in [0.25, 0.3) is 11.0 Å². The minimum atomic E-state index is -0.596. The van der Waals surface area contributed by atoms with Crippen molar-refractivity contribution < 1.29 is 23.6 Å². The normalized spacial score (nSPS) is 11.0. The summed E-state index contributed by atoms with van der Waals surface area (Å²) in [6, 6.07) is 8.90. The average Bonchev–Trinajstić information content (AvgIpc) is 3.11. The van der Waals surface area contributed by atoms with E-state index in [1.54, 1.807) is 12.1 Å². The lowest BCUT2D eigenvalue weighted by atomic mass is 10.2. The number of hydrogen-bond donors (Lipinski definition) is 1. The van der Waals surface area contributed by atoms with Gasteiger partial charge in [-0.2, -0.15) is 5.10 Å². The fourth-order valence-electron chi connectivity index (χ4n) is 2.46. The lowest BCUT2D eigenvalue weighted by Crippen LogP contribution is -2.16. The Hall–Kier alpha value is -3.40. The zero-order chi connectivity index (χ0) is 20.3. The van der Waals surface area contributed by atoms with Gasteiger partial charge >= 0.3 is 5.91 Å². The quantitative estimate of drug-likeness (QED) is 0.348. The monoisotopic (exact) mass is 447 g/mol. The number of halogens is 1. The number of methoxy groups -OCH3 is 2. The van der Waals surface area contributed by atoms with E-state index < -0.39 is 10.8 Å². The largest absolute Gasteiger partial charge is 0.496 e. The molecule has 0 bridgehead atoms. The van der Waals surface area contributed by atoms with Gasteiger partial charge in [-0.3, -0.25) is 14.9 Å². The van der Waals surface area contributed by atoms with E-state index in [9.17, 15) is 14.9 Å². The molecule has 1 amide bonds. The van der Waals surface area contributed by atoms with Gasteiger partial charge < -0.3 is 13.9 Å². The predicted octanol–water partition coefficient (Wildman–Crippen LogP) is 3.88. The van der Waals surface area contributed by atoms with Crippen LogP contribution in [-0.4, -0.2) is 31.3 Å². The highest BCUT2D eigenvalue weighted by atomic mass is 79.9. The second kappa shape index (κ2) is 8.09. The van der Waals surface area contributed by atoms with Crippen LogP contribution in [0.15, 0.2) is 50.4 Å². The molecular formula is C18H14BrN3O6. The molecule has 9 nitrogen and oxygen atoms in total. The van der Waals surface area contributed by atoms with E-state index in [1.165, 1.54) is 44.7 Å². The SMILES string of the molecule is COc1cc(OC)c(/C=N/NC(=O)c2cc3cc([N+](=O)[O-])ccc3o2)cc1Br. The van der Waals surface area contributed by atoms with Gasteiger partial charge in [0.25, 0.3) is 5.69 Å². The number of rotatable bonds is 6. The van der Waals surface area contributed by atoms with E-state index in [0.29, 0.717) is 32.5 Å². The first kappa shape index (κ1) is 19.4. The fraction of sp³-hybridized carbons (Fsp3) is 0.111. The number of nitrogens with zero attached hydrogens (tertiary/aromatic N) is 2. The van der Waals surface area contributed by atoms with Gasteiger partial charge in [-0.15, -0.1) is 0 Å². The Morgan fingerprint density at radius 2 is 1.96 bits per heavy atom. The smallest absolute Gasteiger partial charge is 0.307 e. The Kier molecular flexibility index (Phi) is 5.59. The van der Waals surface area contributed by atoms with Crippen LogP contribution in [0.1, 0.15) is 16.1 Å². The van der Waals surface area contributed by atoms with Crippen LogP contribution in [-0.2, 0) is 0 Å². The molecule has 0 unspecified atom stereocenters. The minimum Gasteiger partial charge on any atom is -0.496 e. The Balaban J connectivity index is 1.77. The Morgan fingerprint density at radius 3 is 2.64 bits per heavy atom. The third kappa shape index (κ3) is 3.96. The first-order chi connectivity index (χ1) is 13.4. The summed E-state index contributed by atoms with van der Waals surface area (Å²) in [4.78, 5) is 22.5. The lowest BCUT2D eigenvalue weighted by molar-refractivity contribution is -0.384. The molecular weight excluding hydrogens is 434 g/mol. The maximum atomic E-state index is 12.2. The molecule has 0 fully saturated rings. The molecule has 28 heavy (non-hydrogen) atoms. The number of hydrogen-bond acceptors (Lipinski definition) is 7. The number of ether oxygens (including phenoxy) is 2. The predicted molar refractivity (Wildman–Crippen MR) is 105 cm³/mol. The molecule has 0 saturated heterocycles. The highest BCUT2D eigenvalue weighted by molar-refractivity contribution is 9.10. The number of amides is 1. The summed E-state index contributed by atoms with van der Waals surface area (Å²) in [5.41, 5.74) is 3.23. The molecule has 1 heterocycles. The van der Waals surface area contributed by atoms with Gasteiger partial charge in [-0.25, -0.2) is 5.43 Å². The molecule has 10 heteroatoms. The summed E-state index contributed by atoms with van der Waals surface area (Å²) in [6.45, 7) is 0. The third-order valence-electron chi connectivity index (χ3n) is 3.81. The van der Waals surface area contributed by atoms with Crippen molar-refractivity contribution in [2.45, 2.75) is 0 Å². The molecule has 144 valence electrons. The van der Waals surface area contributed by atoms with E-state index in [-0.39, 0.29) is 11.4 Å². The number of nitro groups is 1. The molecule has 0 saturated carbocycles. The number of fused-ring (bicyclic) bond motifs is 1. The molecule has 2 aromatic carbocycles. The molecule has 3 rings (SSSR count). The van der Waals surface area contributed by atoms with Gasteiger partial charge in [0.1, 0.15) is 17.1 Å². The molecule has 0 radical (unpaired) electrons. The summed E-state index contributed by atoms with van der Waals surface area (Å²) in [6.07, 6.45) is 1.41. The van der Waals surface area contributed by atoms with Crippen LogP contribution in [0, 0.1) is 10.1 Å². The molecule has 0 aliphatic heterocycles. The van der Waals surface area contributed by atoms with Crippen molar-refractivity contribution in [1.82, 2.24) is 5.43 Å². The van der Waals surface area contributed by atoms with Gasteiger partial charge in [0.15, 0.2) is 5.76 Å². The maximum absolute atomic E-state index is 12.2. The zero-order valence-corrected chi connectivity index (χ0v) is 16.3. The number of hydrazone groups is 1. The van der Waals surface area contributed by atoms with Gasteiger partial charge in [-0.1, -0.05) is 0 Å². The van der Waals surface area contributed by atoms with E-state index in [4.69, 9.17) is 13.9 Å². The van der Waals surface area contributed by atoms with E-state index >= 15 is 0 Å². The highest BCUT2D eigenvalue weighted by Gasteiger charge is 2.15. The molecule has 1 aromatic heterocycles. The fourth-order valence-corrected chi connectivity index (χ4v) is 2.98. The van der Waals surface area contributed by atoms with Gasteiger partial charge in [0.05, 0.1) is 29.8 Å². The summed E-state index contributed by atoms with van der Waals surface area (Å²) < 4.78 is 16.6. The maximum Gasteiger partial charge on any atom is 0.307 e. The standard InChI is InChI=1S/C18H14BrN3O6/c1-26-15-8-16(27-2)13(19)6-11(15)9-20-21-18(23)17-7-10-5-12(22(24)25)3-4-14(10)28-17/h3-9H,1-2H3,(H,21,23)/b20-9+. The summed E-state index contributed by atoms with van der Waals surface area (Å²) >= 11 is 3.37. The number of benzene rings is 2. The van der Waals surface area contributed by atoms with Crippen molar-refractivity contribution in [1.29, 1.82) is 0 Å². The van der Waals surface area contributed by atoms with E-state index in [2.05, 4.69) is 26.5 Å². The van der Waals surface area contributed by atoms with Gasteiger partial charge in [0, 0.05) is 29.1 Å². The summed E-state index contributed by atoms with van der Waals surface area (Å²) in [7, 11) is 3.04. The van der Waals surface area contributed by atoms with Crippen LogP contribution in [0.5, 0.6) is 11.5 Å². The molecule has 0 spiro atoms. The van der Waals surface area contributed by atoms with Crippen molar-refractivity contribution in [2.24, 2.45) is 5.10 Å². The lowest BCUT2D eigenvalue weighted by Gasteiger charge is -2.09. The number of non-ortho nitro benzene ring substituents is 1. The Labute approximate surface area is 167 Å². The second-order valence-corrected chi connectivity index (χ2v) is 6.37. The van der Waals surface area contributed by atoms with Crippen molar-refractivity contribution in [2.75, 3.05) is 14.2 Å². The number of nitrogens with one attached hydrogen (secondary N) is 1. The average molecular weight is 448 g/mol. The second-order valence-electron chi connectivity index (χ2n) is 5.52. The molecule has 0 aliphatic rings. The molecule has 1 N–H and O–H groups in total. The van der Waals surface area contributed by atoms with E-state index in [0.717, 1.165) is 0 Å².